The van der Waals surface area contributed by atoms with E-state index in [9.17, 15) is 13.2 Å². The molecule has 23 heavy (non-hydrogen) atoms. The van der Waals surface area contributed by atoms with Gasteiger partial charge in [-0.25, -0.2) is 13.6 Å². The number of amides is 1. The molecule has 0 fully saturated rings. The lowest BCUT2D eigenvalue weighted by molar-refractivity contribution is 0.0739. The Morgan fingerprint density at radius 1 is 1.35 bits per heavy atom. The third-order valence-corrected chi connectivity index (χ3v) is 4.92. The lowest BCUT2D eigenvalue weighted by Crippen LogP contribution is -2.40. The molecule has 0 saturated heterocycles. The van der Waals surface area contributed by atoms with Crippen LogP contribution in [0.25, 0.3) is 0 Å². The molecule has 132 valence electrons. The van der Waals surface area contributed by atoms with Crippen molar-refractivity contribution in [3.63, 3.8) is 0 Å². The van der Waals surface area contributed by atoms with Crippen LogP contribution in [0.2, 0.25) is 0 Å². The number of halogens is 2. The van der Waals surface area contributed by atoms with Crippen molar-refractivity contribution in [1.82, 2.24) is 4.90 Å². The first-order valence-electron chi connectivity index (χ1n) is 6.67. The number of nitrogens with two attached hydrogens (primary N) is 2. The molecule has 9 heteroatoms. The van der Waals surface area contributed by atoms with E-state index >= 15 is 0 Å². The molecule has 0 unspecified atom stereocenters. The molecule has 0 aliphatic heterocycles. The van der Waals surface area contributed by atoms with Gasteiger partial charge in [-0.2, -0.15) is 0 Å². The highest BCUT2D eigenvalue weighted by Gasteiger charge is 2.25. The van der Waals surface area contributed by atoms with Crippen molar-refractivity contribution in [3.8, 4) is 0 Å². The van der Waals surface area contributed by atoms with Crippen LogP contribution in [0.15, 0.2) is 21.5 Å². The Morgan fingerprint density at radius 2 is 1.87 bits per heavy atom. The van der Waals surface area contributed by atoms with Gasteiger partial charge >= 0.3 is 0 Å². The Labute approximate surface area is 152 Å². The second-order valence-electron chi connectivity index (χ2n) is 6.15. The summed E-state index contributed by atoms with van der Waals surface area (Å²) in [6.07, 6.45) is 0. The number of nitrogens with zero attached hydrogens (tertiary/aromatic N) is 1. The minimum absolute atomic E-state index is 0. The van der Waals surface area contributed by atoms with Crippen LogP contribution in [-0.2, 0) is 10.0 Å². The average Bonchev–Trinajstić information content (AvgIpc) is 2.38. The fourth-order valence-corrected chi connectivity index (χ4v) is 3.59. The van der Waals surface area contributed by atoms with Gasteiger partial charge in [0.2, 0.25) is 10.0 Å². The second kappa shape index (κ2) is 7.94. The fourth-order valence-electron chi connectivity index (χ4n) is 2.16. The van der Waals surface area contributed by atoms with Gasteiger partial charge in [0.15, 0.2) is 0 Å². The Balaban J connectivity index is 0.00000484. The zero-order chi connectivity index (χ0) is 17.3. The van der Waals surface area contributed by atoms with Crippen LogP contribution in [-0.4, -0.2) is 39.4 Å². The van der Waals surface area contributed by atoms with Crippen molar-refractivity contribution < 1.29 is 13.2 Å². The van der Waals surface area contributed by atoms with Crippen molar-refractivity contribution in [2.45, 2.75) is 25.7 Å². The quantitative estimate of drug-likeness (QED) is 0.746. The molecular weight excluding hydrogens is 406 g/mol. The second-order valence-corrected chi connectivity index (χ2v) is 8.60. The Morgan fingerprint density at radius 3 is 2.30 bits per heavy atom. The molecule has 1 aromatic rings. The monoisotopic (exact) mass is 427 g/mol. The fraction of sp³-hybridized carbons (Fsp3) is 0.500. The molecule has 0 aromatic heterocycles. The van der Waals surface area contributed by atoms with Gasteiger partial charge in [0.1, 0.15) is 0 Å². The number of primary sulfonamides is 1. The van der Waals surface area contributed by atoms with Gasteiger partial charge in [0.25, 0.3) is 5.91 Å². The number of benzene rings is 1. The van der Waals surface area contributed by atoms with E-state index in [4.69, 9.17) is 10.9 Å². The molecular formula is C14H23BrClN3O3S. The van der Waals surface area contributed by atoms with Crippen LogP contribution >= 0.6 is 28.3 Å². The molecule has 1 aromatic carbocycles. The SMILES string of the molecule is Cc1c(C(=O)N(C)CC(C)(C)CN)cc(Br)cc1S(N)(=O)=O.Cl. The summed E-state index contributed by atoms with van der Waals surface area (Å²) in [5, 5.41) is 5.20. The van der Waals surface area contributed by atoms with Gasteiger partial charge in [0, 0.05) is 23.6 Å². The molecule has 1 amide bonds. The topological polar surface area (TPSA) is 106 Å². The number of hydrogen-bond acceptors (Lipinski definition) is 4. The standard InChI is InChI=1S/C14H22BrN3O3S.ClH/c1-9-11(5-10(15)6-12(9)22(17,20)21)13(19)18(4)8-14(2,3)7-16;/h5-6H,7-8,16H2,1-4H3,(H2,17,20,21);1H. The summed E-state index contributed by atoms with van der Waals surface area (Å²) in [4.78, 5) is 14.1. The summed E-state index contributed by atoms with van der Waals surface area (Å²) in [5.74, 6) is -0.273. The molecule has 1 rings (SSSR count). The summed E-state index contributed by atoms with van der Waals surface area (Å²) in [7, 11) is -2.23. The van der Waals surface area contributed by atoms with Crippen LogP contribution in [0, 0.1) is 12.3 Å². The summed E-state index contributed by atoms with van der Waals surface area (Å²) in [5.41, 5.74) is 6.10. The van der Waals surface area contributed by atoms with Crippen LogP contribution in [0.5, 0.6) is 0 Å². The van der Waals surface area contributed by atoms with Crippen molar-refractivity contribution in [1.29, 1.82) is 0 Å². The maximum absolute atomic E-state index is 12.6. The molecule has 0 aliphatic carbocycles. The number of hydrogen-bond donors (Lipinski definition) is 2. The average molecular weight is 429 g/mol. The largest absolute Gasteiger partial charge is 0.341 e. The van der Waals surface area contributed by atoms with Gasteiger partial charge in [0.05, 0.1) is 4.90 Å². The van der Waals surface area contributed by atoms with E-state index in [1.54, 1.807) is 20.0 Å². The van der Waals surface area contributed by atoms with Crippen molar-refractivity contribution in [2.24, 2.45) is 16.3 Å². The van der Waals surface area contributed by atoms with Crippen LogP contribution in [0.3, 0.4) is 0 Å². The molecule has 6 nitrogen and oxygen atoms in total. The van der Waals surface area contributed by atoms with Gasteiger partial charge in [-0.1, -0.05) is 29.8 Å². The smallest absolute Gasteiger partial charge is 0.253 e. The van der Waals surface area contributed by atoms with E-state index < -0.39 is 10.0 Å². The molecule has 4 N–H and O–H groups in total. The molecule has 0 radical (unpaired) electrons. The molecule has 0 bridgehead atoms. The number of rotatable bonds is 5. The first-order valence-corrected chi connectivity index (χ1v) is 9.01. The zero-order valence-electron chi connectivity index (χ0n) is 13.6. The Bertz CT molecular complexity index is 693. The molecule has 0 atom stereocenters. The van der Waals surface area contributed by atoms with E-state index in [0.717, 1.165) is 0 Å². The Kier molecular flexibility index (Phi) is 7.70. The minimum Gasteiger partial charge on any atom is -0.341 e. The predicted molar refractivity (Wildman–Crippen MR) is 97.3 cm³/mol. The zero-order valence-corrected chi connectivity index (χ0v) is 16.8. The van der Waals surface area contributed by atoms with Crippen LogP contribution < -0.4 is 10.9 Å². The third-order valence-electron chi connectivity index (χ3n) is 3.43. The van der Waals surface area contributed by atoms with E-state index in [-0.39, 0.29) is 28.6 Å². The van der Waals surface area contributed by atoms with E-state index in [1.807, 2.05) is 13.8 Å². The highest BCUT2D eigenvalue weighted by Crippen LogP contribution is 2.25. The molecule has 0 heterocycles. The predicted octanol–water partition coefficient (Wildman–Crippen LogP) is 1.88. The maximum atomic E-state index is 12.6. The van der Waals surface area contributed by atoms with Gasteiger partial charge in [-0.15, -0.1) is 12.4 Å². The normalized spacial score (nSPS) is 11.8. The van der Waals surface area contributed by atoms with E-state index in [1.165, 1.54) is 11.0 Å². The lowest BCUT2D eigenvalue weighted by atomic mass is 9.93. The highest BCUT2D eigenvalue weighted by molar-refractivity contribution is 9.10. The Hall–Kier alpha value is -0.670. The maximum Gasteiger partial charge on any atom is 0.253 e. The third kappa shape index (κ3) is 5.72. The number of carbonyl (C=O) groups is 1. The van der Waals surface area contributed by atoms with Gasteiger partial charge in [-0.3, -0.25) is 4.79 Å². The van der Waals surface area contributed by atoms with Crippen LogP contribution in [0.1, 0.15) is 29.8 Å². The lowest BCUT2D eigenvalue weighted by Gasteiger charge is -2.29. The first-order chi connectivity index (χ1) is 9.89. The van der Waals surface area contributed by atoms with Gasteiger partial charge < -0.3 is 10.6 Å². The molecule has 0 saturated carbocycles. The van der Waals surface area contributed by atoms with Crippen molar-refractivity contribution >= 4 is 44.3 Å². The molecule has 0 spiro atoms. The van der Waals surface area contributed by atoms with Crippen LogP contribution in [0.4, 0.5) is 0 Å². The summed E-state index contributed by atoms with van der Waals surface area (Å²) < 4.78 is 23.8. The summed E-state index contributed by atoms with van der Waals surface area (Å²) >= 11 is 3.22. The van der Waals surface area contributed by atoms with E-state index in [2.05, 4.69) is 15.9 Å². The minimum atomic E-state index is -3.90. The van der Waals surface area contributed by atoms with Crippen molar-refractivity contribution in [3.05, 3.63) is 27.7 Å². The molecule has 0 aliphatic rings. The van der Waals surface area contributed by atoms with E-state index in [0.29, 0.717) is 28.7 Å². The first kappa shape index (κ1) is 22.3. The number of sulfonamides is 1. The highest BCUT2D eigenvalue weighted by atomic mass is 79.9. The summed E-state index contributed by atoms with van der Waals surface area (Å²) in [6.45, 7) is 6.38. The number of carbonyl (C=O) groups excluding carboxylic acids is 1. The van der Waals surface area contributed by atoms with Gasteiger partial charge in [-0.05, 0) is 36.6 Å². The summed E-state index contributed by atoms with van der Waals surface area (Å²) in [6, 6.07) is 2.99. The van der Waals surface area contributed by atoms with Crippen molar-refractivity contribution in [2.75, 3.05) is 20.1 Å².